The summed E-state index contributed by atoms with van der Waals surface area (Å²) < 4.78 is 13.2. The van der Waals surface area contributed by atoms with Crippen LogP contribution in [0.1, 0.15) is 33.3 Å². The van der Waals surface area contributed by atoms with Gasteiger partial charge in [-0.25, -0.2) is 4.39 Å². The molecule has 1 atom stereocenters. The quantitative estimate of drug-likeness (QED) is 0.822. The van der Waals surface area contributed by atoms with Crippen LogP contribution in [0.5, 0.6) is 0 Å². The topological polar surface area (TPSA) is 29.3 Å². The molecule has 3 heteroatoms. The number of hydrogen-bond acceptors (Lipinski definition) is 2. The third-order valence-electron chi connectivity index (χ3n) is 3.63. The molecule has 1 unspecified atom stereocenters. The van der Waals surface area contributed by atoms with Crippen LogP contribution in [0, 0.1) is 11.2 Å². The smallest absolute Gasteiger partial charge is 0.123 e. The number of rotatable bonds is 7. The fraction of sp³-hybridized carbons (Fsp3) is 0.625. The first-order valence-corrected chi connectivity index (χ1v) is 7.06. The molecule has 0 saturated heterocycles. The Balaban J connectivity index is 2.66. The van der Waals surface area contributed by atoms with E-state index in [1.807, 2.05) is 6.07 Å². The van der Waals surface area contributed by atoms with Gasteiger partial charge in [0.05, 0.1) is 0 Å². The molecule has 1 rings (SSSR count). The van der Waals surface area contributed by atoms with E-state index < -0.39 is 0 Å². The second kappa shape index (κ2) is 7.01. The molecule has 1 aromatic rings. The van der Waals surface area contributed by atoms with Crippen molar-refractivity contribution in [3.05, 3.63) is 35.6 Å². The molecule has 0 amide bonds. The molecule has 0 spiro atoms. The molecule has 0 bridgehead atoms. The van der Waals surface area contributed by atoms with Gasteiger partial charge in [0, 0.05) is 12.6 Å². The summed E-state index contributed by atoms with van der Waals surface area (Å²) in [5, 5.41) is 0. The first-order valence-electron chi connectivity index (χ1n) is 7.06. The van der Waals surface area contributed by atoms with E-state index in [4.69, 9.17) is 5.73 Å². The van der Waals surface area contributed by atoms with Crippen LogP contribution in [0.15, 0.2) is 24.3 Å². The number of halogens is 1. The van der Waals surface area contributed by atoms with E-state index in [0.717, 1.165) is 25.1 Å². The molecule has 0 aromatic heterocycles. The summed E-state index contributed by atoms with van der Waals surface area (Å²) >= 11 is 0. The molecule has 108 valence electrons. The van der Waals surface area contributed by atoms with Crippen LogP contribution in [-0.2, 0) is 6.42 Å². The first kappa shape index (κ1) is 16.1. The van der Waals surface area contributed by atoms with Crippen LogP contribution in [0.4, 0.5) is 4.39 Å². The Labute approximate surface area is 116 Å². The van der Waals surface area contributed by atoms with Crippen LogP contribution in [0.3, 0.4) is 0 Å². The average molecular weight is 266 g/mol. The van der Waals surface area contributed by atoms with Gasteiger partial charge in [-0.15, -0.1) is 0 Å². The SMILES string of the molecule is CCN(CC(C)(C)CN)C(C)Cc1cccc(F)c1. The average Bonchev–Trinajstić information content (AvgIpc) is 2.36. The van der Waals surface area contributed by atoms with E-state index in [1.165, 1.54) is 6.07 Å². The zero-order chi connectivity index (χ0) is 14.5. The maximum Gasteiger partial charge on any atom is 0.123 e. The maximum atomic E-state index is 13.2. The zero-order valence-corrected chi connectivity index (χ0v) is 12.6. The summed E-state index contributed by atoms with van der Waals surface area (Å²) in [4.78, 5) is 2.41. The predicted octanol–water partition coefficient (Wildman–Crippen LogP) is 3.06. The summed E-state index contributed by atoms with van der Waals surface area (Å²) in [5.41, 5.74) is 6.98. The highest BCUT2D eigenvalue weighted by Gasteiger charge is 2.22. The van der Waals surface area contributed by atoms with Gasteiger partial charge >= 0.3 is 0 Å². The Bertz CT molecular complexity index is 390. The van der Waals surface area contributed by atoms with Gasteiger partial charge in [0.2, 0.25) is 0 Å². The van der Waals surface area contributed by atoms with Crippen LogP contribution in [-0.4, -0.2) is 30.6 Å². The van der Waals surface area contributed by atoms with Gasteiger partial charge in [-0.3, -0.25) is 0 Å². The molecular formula is C16H27FN2. The highest BCUT2D eigenvalue weighted by Crippen LogP contribution is 2.18. The summed E-state index contributed by atoms with van der Waals surface area (Å²) in [6.45, 7) is 11.4. The van der Waals surface area contributed by atoms with Gasteiger partial charge in [-0.2, -0.15) is 0 Å². The molecule has 0 radical (unpaired) electrons. The number of nitrogens with two attached hydrogens (primary N) is 1. The minimum Gasteiger partial charge on any atom is -0.330 e. The van der Waals surface area contributed by atoms with E-state index in [2.05, 4.69) is 32.6 Å². The van der Waals surface area contributed by atoms with Crippen LogP contribution >= 0.6 is 0 Å². The van der Waals surface area contributed by atoms with E-state index in [1.54, 1.807) is 12.1 Å². The molecule has 1 aromatic carbocycles. The lowest BCUT2D eigenvalue weighted by Gasteiger charge is -2.35. The Kier molecular flexibility index (Phi) is 5.95. The van der Waals surface area contributed by atoms with Crippen molar-refractivity contribution >= 4 is 0 Å². The normalized spacial score (nSPS) is 13.8. The Morgan fingerprint density at radius 2 is 2.05 bits per heavy atom. The van der Waals surface area contributed by atoms with E-state index in [0.29, 0.717) is 12.6 Å². The van der Waals surface area contributed by atoms with E-state index in [9.17, 15) is 4.39 Å². The van der Waals surface area contributed by atoms with Crippen LogP contribution < -0.4 is 5.73 Å². The Morgan fingerprint density at radius 3 is 2.58 bits per heavy atom. The Morgan fingerprint density at radius 1 is 1.37 bits per heavy atom. The summed E-state index contributed by atoms with van der Waals surface area (Å²) in [7, 11) is 0. The largest absolute Gasteiger partial charge is 0.330 e. The number of benzene rings is 1. The minimum absolute atomic E-state index is 0.117. The molecule has 0 fully saturated rings. The second-order valence-electron chi connectivity index (χ2n) is 6.11. The van der Waals surface area contributed by atoms with Crippen molar-refractivity contribution in [2.24, 2.45) is 11.1 Å². The lowest BCUT2D eigenvalue weighted by molar-refractivity contribution is 0.146. The second-order valence-corrected chi connectivity index (χ2v) is 6.11. The number of hydrogen-bond donors (Lipinski definition) is 1. The molecule has 0 saturated carbocycles. The van der Waals surface area contributed by atoms with Crippen molar-refractivity contribution in [1.29, 1.82) is 0 Å². The highest BCUT2D eigenvalue weighted by molar-refractivity contribution is 5.17. The summed E-state index contributed by atoms with van der Waals surface area (Å²) in [6, 6.07) is 7.26. The van der Waals surface area contributed by atoms with Crippen molar-refractivity contribution in [2.45, 2.75) is 40.2 Å². The minimum atomic E-state index is -0.157. The van der Waals surface area contributed by atoms with Gasteiger partial charge < -0.3 is 10.6 Å². The van der Waals surface area contributed by atoms with Gasteiger partial charge in [0.25, 0.3) is 0 Å². The molecule has 0 heterocycles. The number of likely N-dealkylation sites (N-methyl/N-ethyl adjacent to an activating group) is 1. The molecular weight excluding hydrogens is 239 g/mol. The summed E-state index contributed by atoms with van der Waals surface area (Å²) in [6.07, 6.45) is 0.867. The first-order chi connectivity index (χ1) is 8.88. The fourth-order valence-electron chi connectivity index (χ4n) is 2.33. The van der Waals surface area contributed by atoms with Crippen molar-refractivity contribution in [2.75, 3.05) is 19.6 Å². The van der Waals surface area contributed by atoms with Gasteiger partial charge in [-0.1, -0.05) is 32.9 Å². The highest BCUT2D eigenvalue weighted by atomic mass is 19.1. The maximum absolute atomic E-state index is 13.2. The zero-order valence-electron chi connectivity index (χ0n) is 12.6. The molecule has 2 N–H and O–H groups in total. The van der Waals surface area contributed by atoms with Gasteiger partial charge in [0.15, 0.2) is 0 Å². The third kappa shape index (κ3) is 5.29. The molecule has 19 heavy (non-hydrogen) atoms. The standard InChI is InChI=1S/C16H27FN2/c1-5-19(12-16(3,4)11-18)13(2)9-14-7-6-8-15(17)10-14/h6-8,10,13H,5,9,11-12,18H2,1-4H3. The molecule has 0 aliphatic rings. The summed E-state index contributed by atoms with van der Waals surface area (Å²) in [5.74, 6) is -0.157. The van der Waals surface area contributed by atoms with Crippen molar-refractivity contribution in [3.8, 4) is 0 Å². The van der Waals surface area contributed by atoms with Crippen molar-refractivity contribution in [1.82, 2.24) is 4.90 Å². The number of nitrogens with zero attached hydrogens (tertiary/aromatic N) is 1. The lowest BCUT2D eigenvalue weighted by Crippen LogP contribution is -2.43. The molecule has 0 aliphatic heterocycles. The third-order valence-corrected chi connectivity index (χ3v) is 3.63. The van der Waals surface area contributed by atoms with Gasteiger partial charge in [0.1, 0.15) is 5.82 Å². The van der Waals surface area contributed by atoms with Crippen LogP contribution in [0.2, 0.25) is 0 Å². The van der Waals surface area contributed by atoms with Gasteiger partial charge in [-0.05, 0) is 49.5 Å². The molecule has 2 nitrogen and oxygen atoms in total. The van der Waals surface area contributed by atoms with Crippen LogP contribution in [0.25, 0.3) is 0 Å². The Hall–Kier alpha value is -0.930. The lowest BCUT2D eigenvalue weighted by atomic mass is 9.92. The van der Waals surface area contributed by atoms with E-state index >= 15 is 0 Å². The molecule has 0 aliphatic carbocycles. The monoisotopic (exact) mass is 266 g/mol. The van der Waals surface area contributed by atoms with Crippen molar-refractivity contribution < 1.29 is 4.39 Å². The predicted molar refractivity (Wildman–Crippen MR) is 79.6 cm³/mol. The van der Waals surface area contributed by atoms with E-state index in [-0.39, 0.29) is 11.2 Å². The van der Waals surface area contributed by atoms with Crippen molar-refractivity contribution in [3.63, 3.8) is 0 Å². The fourth-order valence-corrected chi connectivity index (χ4v) is 2.33.